The molecule has 0 aromatic carbocycles. The molecule has 2 atom stereocenters. The highest BCUT2D eigenvalue weighted by Gasteiger charge is 2.31. The topological polar surface area (TPSA) is 119 Å². The van der Waals surface area contributed by atoms with Crippen LogP contribution >= 0.6 is 0 Å². The maximum atomic E-state index is 13.1. The van der Waals surface area contributed by atoms with Crippen LogP contribution in [0, 0.1) is 5.92 Å². The second-order valence-corrected chi connectivity index (χ2v) is 8.10. The van der Waals surface area contributed by atoms with Crippen LogP contribution in [0.4, 0.5) is 8.78 Å². The van der Waals surface area contributed by atoms with Crippen LogP contribution in [0.1, 0.15) is 63.3 Å². The summed E-state index contributed by atoms with van der Waals surface area (Å²) >= 11 is 0. The molecule has 2 aromatic heterocycles. The maximum absolute atomic E-state index is 13.1. The molecule has 174 valence electrons. The maximum Gasteiger partial charge on any atom is 0.321 e. The number of carbonyl (C=O) groups excluding carboxylic acids is 2. The van der Waals surface area contributed by atoms with Crippen LogP contribution in [0.2, 0.25) is 0 Å². The molecule has 1 fully saturated rings. The monoisotopic (exact) mass is 451 g/mol. The van der Waals surface area contributed by atoms with Crippen molar-refractivity contribution < 1.29 is 23.5 Å². The van der Waals surface area contributed by atoms with Gasteiger partial charge >= 0.3 is 6.55 Å². The number of pyridine rings is 1. The molecular formula is C21H27F2N5O4. The number of halogens is 2. The zero-order valence-electron chi connectivity index (χ0n) is 17.8. The van der Waals surface area contributed by atoms with E-state index in [2.05, 4.69) is 15.6 Å². The minimum Gasteiger partial charge on any atom is -0.383 e. The standard InChI is InChI=1S/C21H27F2N5O4/c1-2-21(32,15-8-10-18(30)27(12-15)20(22)23)13-28-16(11-24-26-28)6-4-3-5-14-7-9-17(29)25-19(14)31/h8,10-12,14,20,32H,2-7,9,13H2,1H3,(H,25,29,31)/t14?,21-/m1/s1. The van der Waals surface area contributed by atoms with Crippen molar-refractivity contribution in [3.05, 3.63) is 46.1 Å². The average molecular weight is 451 g/mol. The third-order valence-corrected chi connectivity index (χ3v) is 5.97. The fourth-order valence-electron chi connectivity index (χ4n) is 3.90. The lowest BCUT2D eigenvalue weighted by Gasteiger charge is -2.28. The quantitative estimate of drug-likeness (QED) is 0.421. The molecule has 2 amide bonds. The van der Waals surface area contributed by atoms with E-state index in [1.807, 2.05) is 0 Å². The summed E-state index contributed by atoms with van der Waals surface area (Å²) in [7, 11) is 0. The number of aromatic nitrogens is 4. The highest BCUT2D eigenvalue weighted by molar-refractivity contribution is 5.98. The summed E-state index contributed by atoms with van der Waals surface area (Å²) < 4.78 is 28.0. The van der Waals surface area contributed by atoms with Crippen LogP contribution < -0.4 is 10.9 Å². The summed E-state index contributed by atoms with van der Waals surface area (Å²) in [5.41, 5.74) is -1.40. The number of nitrogens with zero attached hydrogens (tertiary/aromatic N) is 4. The molecule has 0 aliphatic carbocycles. The number of hydrogen-bond donors (Lipinski definition) is 2. The van der Waals surface area contributed by atoms with Crippen LogP contribution in [-0.2, 0) is 28.2 Å². The Morgan fingerprint density at radius 3 is 2.75 bits per heavy atom. The van der Waals surface area contributed by atoms with Gasteiger partial charge in [0.2, 0.25) is 11.8 Å². The minimum absolute atomic E-state index is 0.00653. The predicted octanol–water partition coefficient (Wildman–Crippen LogP) is 1.90. The van der Waals surface area contributed by atoms with Crippen molar-refractivity contribution in [2.45, 2.75) is 70.6 Å². The molecule has 0 bridgehead atoms. The highest BCUT2D eigenvalue weighted by atomic mass is 19.3. The van der Waals surface area contributed by atoms with Gasteiger partial charge in [-0.05, 0) is 38.2 Å². The molecular weight excluding hydrogens is 424 g/mol. The summed E-state index contributed by atoms with van der Waals surface area (Å²) in [5.74, 6) is -0.605. The summed E-state index contributed by atoms with van der Waals surface area (Å²) in [6.07, 6.45) is 6.51. The van der Waals surface area contributed by atoms with E-state index in [0.29, 0.717) is 25.7 Å². The number of carbonyl (C=O) groups is 2. The molecule has 9 nitrogen and oxygen atoms in total. The molecule has 0 spiro atoms. The summed E-state index contributed by atoms with van der Waals surface area (Å²) in [4.78, 5) is 34.7. The third kappa shape index (κ3) is 5.45. The number of amides is 2. The fourth-order valence-corrected chi connectivity index (χ4v) is 3.90. The highest BCUT2D eigenvalue weighted by Crippen LogP contribution is 2.28. The van der Waals surface area contributed by atoms with E-state index in [4.69, 9.17) is 0 Å². The van der Waals surface area contributed by atoms with E-state index in [1.54, 1.807) is 13.1 Å². The summed E-state index contributed by atoms with van der Waals surface area (Å²) in [6.45, 7) is -1.29. The van der Waals surface area contributed by atoms with Gasteiger partial charge in [0.25, 0.3) is 5.56 Å². The summed E-state index contributed by atoms with van der Waals surface area (Å²) in [6, 6.07) is 2.36. The van der Waals surface area contributed by atoms with E-state index in [0.717, 1.165) is 30.8 Å². The molecule has 32 heavy (non-hydrogen) atoms. The Labute approximate surface area is 183 Å². The van der Waals surface area contributed by atoms with Gasteiger partial charge in [0.05, 0.1) is 18.4 Å². The van der Waals surface area contributed by atoms with Gasteiger partial charge in [0.1, 0.15) is 5.60 Å². The van der Waals surface area contributed by atoms with Gasteiger partial charge in [-0.2, -0.15) is 8.78 Å². The first-order valence-electron chi connectivity index (χ1n) is 10.7. The molecule has 0 radical (unpaired) electrons. The SMILES string of the molecule is CC[C@@](O)(Cn1nncc1CCCCC1CCC(=O)NC1=O)c1ccc(=O)n(C(F)F)c1. The number of hydrogen-bond acceptors (Lipinski definition) is 6. The van der Waals surface area contributed by atoms with Crippen molar-refractivity contribution in [1.82, 2.24) is 24.9 Å². The van der Waals surface area contributed by atoms with E-state index >= 15 is 0 Å². The Kier molecular flexibility index (Phi) is 7.49. The van der Waals surface area contributed by atoms with Crippen molar-refractivity contribution in [2.24, 2.45) is 5.92 Å². The molecule has 11 heteroatoms. The number of imide groups is 1. The lowest BCUT2D eigenvalue weighted by molar-refractivity contribution is -0.136. The van der Waals surface area contributed by atoms with Crippen LogP contribution in [0.15, 0.2) is 29.3 Å². The smallest absolute Gasteiger partial charge is 0.321 e. The average Bonchev–Trinajstić information content (AvgIpc) is 3.19. The van der Waals surface area contributed by atoms with E-state index in [9.17, 15) is 28.3 Å². The number of rotatable bonds is 10. The number of aliphatic hydroxyl groups is 1. The van der Waals surface area contributed by atoms with E-state index in [1.165, 1.54) is 10.7 Å². The second kappa shape index (κ2) is 10.1. The Morgan fingerprint density at radius 1 is 1.28 bits per heavy atom. The van der Waals surface area contributed by atoms with Crippen LogP contribution in [0.3, 0.4) is 0 Å². The Bertz CT molecular complexity index is 1020. The second-order valence-electron chi connectivity index (χ2n) is 8.10. The number of nitrogens with one attached hydrogen (secondary N) is 1. The van der Waals surface area contributed by atoms with Gasteiger partial charge in [-0.1, -0.05) is 18.6 Å². The first-order valence-corrected chi connectivity index (χ1v) is 10.7. The van der Waals surface area contributed by atoms with Crippen molar-refractivity contribution in [2.75, 3.05) is 0 Å². The van der Waals surface area contributed by atoms with Gasteiger partial charge in [-0.15, -0.1) is 5.10 Å². The molecule has 2 aromatic rings. The van der Waals surface area contributed by atoms with Gasteiger partial charge in [-0.3, -0.25) is 24.3 Å². The predicted molar refractivity (Wildman–Crippen MR) is 110 cm³/mol. The molecule has 0 saturated carbocycles. The molecule has 3 heterocycles. The normalized spacial score (nSPS) is 18.6. The van der Waals surface area contributed by atoms with Crippen molar-refractivity contribution in [3.63, 3.8) is 0 Å². The number of unbranched alkanes of at least 4 members (excludes halogenated alkanes) is 1. The van der Waals surface area contributed by atoms with Crippen molar-refractivity contribution >= 4 is 11.8 Å². The lowest BCUT2D eigenvalue weighted by atomic mass is 9.91. The molecule has 1 saturated heterocycles. The third-order valence-electron chi connectivity index (χ3n) is 5.97. The molecule has 1 aliphatic heterocycles. The van der Waals surface area contributed by atoms with Crippen molar-refractivity contribution in [1.29, 1.82) is 0 Å². The van der Waals surface area contributed by atoms with Crippen LogP contribution in [-0.4, -0.2) is 36.5 Å². The Hall–Kier alpha value is -2.95. The zero-order valence-corrected chi connectivity index (χ0v) is 17.8. The molecule has 2 N–H and O–H groups in total. The first kappa shape index (κ1) is 23.7. The Balaban J connectivity index is 1.63. The molecule has 3 rings (SSSR count). The fraction of sp³-hybridized carbons (Fsp3) is 0.571. The first-order chi connectivity index (χ1) is 15.2. The summed E-state index contributed by atoms with van der Waals surface area (Å²) in [5, 5.41) is 21.4. The minimum atomic E-state index is -3.00. The zero-order chi connectivity index (χ0) is 23.3. The largest absolute Gasteiger partial charge is 0.383 e. The number of alkyl halides is 2. The van der Waals surface area contributed by atoms with E-state index < -0.39 is 17.7 Å². The van der Waals surface area contributed by atoms with Crippen LogP contribution in [0.5, 0.6) is 0 Å². The van der Waals surface area contributed by atoms with Gasteiger partial charge in [0, 0.05) is 30.2 Å². The van der Waals surface area contributed by atoms with Gasteiger partial charge in [0.15, 0.2) is 0 Å². The molecule has 1 aliphatic rings. The number of aryl methyl sites for hydroxylation is 1. The van der Waals surface area contributed by atoms with Crippen LogP contribution in [0.25, 0.3) is 0 Å². The van der Waals surface area contributed by atoms with Gasteiger partial charge in [-0.25, -0.2) is 4.68 Å². The van der Waals surface area contributed by atoms with Crippen molar-refractivity contribution in [3.8, 4) is 0 Å². The Morgan fingerprint density at radius 2 is 2.06 bits per heavy atom. The number of piperidine rings is 1. The van der Waals surface area contributed by atoms with E-state index in [-0.39, 0.29) is 40.8 Å². The van der Waals surface area contributed by atoms with Gasteiger partial charge < -0.3 is 5.11 Å². The molecule has 1 unspecified atom stereocenters. The lowest BCUT2D eigenvalue weighted by Crippen LogP contribution is -2.40.